The molecule has 0 fully saturated rings. The van der Waals surface area contributed by atoms with Gasteiger partial charge in [-0.1, -0.05) is 41.0 Å². The number of halogens is 1. The number of aryl methyl sites for hydroxylation is 1. The first kappa shape index (κ1) is 20.3. The Labute approximate surface area is 168 Å². The lowest BCUT2D eigenvalue weighted by molar-refractivity contribution is 0.241. The Balaban J connectivity index is 1.57. The topological polar surface area (TPSA) is 85.5 Å². The number of benzene rings is 2. The Morgan fingerprint density at radius 3 is 2.71 bits per heavy atom. The lowest BCUT2D eigenvalue weighted by Gasteiger charge is -2.16. The molecule has 0 radical (unpaired) electrons. The summed E-state index contributed by atoms with van der Waals surface area (Å²) in [6.07, 6.45) is 0.310. The van der Waals surface area contributed by atoms with Gasteiger partial charge in [0.1, 0.15) is 5.75 Å². The Morgan fingerprint density at radius 1 is 1.18 bits per heavy atom. The van der Waals surface area contributed by atoms with E-state index in [2.05, 4.69) is 10.1 Å². The molecule has 3 aromatic rings. The van der Waals surface area contributed by atoms with Crippen molar-refractivity contribution < 1.29 is 17.7 Å². The maximum Gasteiger partial charge on any atom is 0.264 e. The number of nitrogens with zero attached hydrogens (tertiary/aromatic N) is 3. The molecule has 1 aromatic heterocycles. The van der Waals surface area contributed by atoms with Crippen LogP contribution in [0.5, 0.6) is 5.75 Å². The van der Waals surface area contributed by atoms with Crippen LogP contribution in [0.3, 0.4) is 0 Å². The molecule has 0 aliphatic heterocycles. The van der Waals surface area contributed by atoms with Gasteiger partial charge in [0.25, 0.3) is 5.89 Å². The smallest absolute Gasteiger partial charge is 0.264 e. The molecule has 0 saturated carbocycles. The number of hydrogen-bond donors (Lipinski definition) is 0. The standard InChI is InChI=1S/C19H20ClN3O4S/c1-14-6-3-4-9-17(14)26-13-19-21-18(22-27-19)10-11-23(2)28(24,25)16-8-5-7-15(20)12-16/h3-9,12H,10-11,13H2,1-2H3. The van der Waals surface area contributed by atoms with E-state index in [1.165, 1.54) is 23.5 Å². The van der Waals surface area contributed by atoms with E-state index in [-0.39, 0.29) is 18.0 Å². The number of hydrogen-bond acceptors (Lipinski definition) is 6. The Bertz CT molecular complexity index is 1050. The Morgan fingerprint density at radius 2 is 1.96 bits per heavy atom. The number of likely N-dealkylation sites (N-methyl/N-ethyl adjacent to an activating group) is 1. The van der Waals surface area contributed by atoms with E-state index in [1.54, 1.807) is 12.1 Å². The summed E-state index contributed by atoms with van der Waals surface area (Å²) in [4.78, 5) is 4.39. The Kier molecular flexibility index (Phi) is 6.33. The molecule has 9 heteroatoms. The van der Waals surface area contributed by atoms with Gasteiger partial charge in [-0.25, -0.2) is 12.7 Å². The minimum Gasteiger partial charge on any atom is -0.483 e. The maximum atomic E-state index is 12.6. The van der Waals surface area contributed by atoms with Crippen LogP contribution in [0.15, 0.2) is 57.9 Å². The van der Waals surface area contributed by atoms with E-state index in [9.17, 15) is 8.42 Å². The van der Waals surface area contributed by atoms with Crippen LogP contribution in [0.4, 0.5) is 0 Å². The molecule has 0 atom stereocenters. The highest BCUT2D eigenvalue weighted by molar-refractivity contribution is 7.89. The molecule has 0 aliphatic rings. The largest absolute Gasteiger partial charge is 0.483 e. The van der Waals surface area contributed by atoms with E-state index in [1.807, 2.05) is 31.2 Å². The van der Waals surface area contributed by atoms with Gasteiger partial charge in [0.2, 0.25) is 10.0 Å². The van der Waals surface area contributed by atoms with Crippen molar-refractivity contribution in [1.82, 2.24) is 14.4 Å². The average Bonchev–Trinajstić information content (AvgIpc) is 3.13. The fourth-order valence-electron chi connectivity index (χ4n) is 2.49. The van der Waals surface area contributed by atoms with E-state index >= 15 is 0 Å². The van der Waals surface area contributed by atoms with Gasteiger partial charge in [-0.3, -0.25) is 0 Å². The van der Waals surface area contributed by atoms with Gasteiger partial charge in [0, 0.05) is 25.0 Å². The number of para-hydroxylation sites is 1. The average molecular weight is 422 g/mol. The van der Waals surface area contributed by atoms with Crippen molar-refractivity contribution in [3.8, 4) is 5.75 Å². The van der Waals surface area contributed by atoms with E-state index in [0.29, 0.717) is 23.2 Å². The van der Waals surface area contributed by atoms with E-state index in [0.717, 1.165) is 11.3 Å². The molecule has 0 spiro atoms. The molecule has 2 aromatic carbocycles. The second kappa shape index (κ2) is 8.72. The molecule has 0 saturated heterocycles. The van der Waals surface area contributed by atoms with Gasteiger partial charge < -0.3 is 9.26 Å². The molecular formula is C19H20ClN3O4S. The zero-order chi connectivity index (χ0) is 20.1. The maximum absolute atomic E-state index is 12.6. The van der Waals surface area contributed by atoms with Crippen LogP contribution >= 0.6 is 11.6 Å². The fraction of sp³-hybridized carbons (Fsp3) is 0.263. The lowest BCUT2D eigenvalue weighted by Crippen LogP contribution is -2.29. The SMILES string of the molecule is Cc1ccccc1OCc1nc(CCN(C)S(=O)(=O)c2cccc(Cl)c2)no1. The number of aromatic nitrogens is 2. The van der Waals surface area contributed by atoms with Gasteiger partial charge in [-0.2, -0.15) is 4.98 Å². The van der Waals surface area contributed by atoms with Crippen molar-refractivity contribution >= 4 is 21.6 Å². The molecule has 28 heavy (non-hydrogen) atoms. The van der Waals surface area contributed by atoms with Gasteiger partial charge in [-0.15, -0.1) is 0 Å². The third-order valence-corrected chi connectivity index (χ3v) is 6.20. The van der Waals surface area contributed by atoms with E-state index in [4.69, 9.17) is 20.9 Å². The molecule has 1 heterocycles. The van der Waals surface area contributed by atoms with Crippen LogP contribution in [0, 0.1) is 6.92 Å². The number of sulfonamides is 1. The first-order valence-electron chi connectivity index (χ1n) is 8.58. The van der Waals surface area contributed by atoms with Crippen LogP contribution < -0.4 is 4.74 Å². The fourth-order valence-corrected chi connectivity index (χ4v) is 3.97. The summed E-state index contributed by atoms with van der Waals surface area (Å²) in [5.74, 6) is 1.49. The summed E-state index contributed by atoms with van der Waals surface area (Å²) in [6, 6.07) is 13.8. The molecule has 0 aliphatic carbocycles. The lowest BCUT2D eigenvalue weighted by atomic mass is 10.2. The molecule has 0 amide bonds. The first-order valence-corrected chi connectivity index (χ1v) is 10.4. The predicted octanol–water partition coefficient (Wildman–Crippen LogP) is 3.47. The van der Waals surface area contributed by atoms with Crippen molar-refractivity contribution in [2.45, 2.75) is 24.8 Å². The molecule has 0 N–H and O–H groups in total. The van der Waals surface area contributed by atoms with Crippen molar-refractivity contribution in [3.63, 3.8) is 0 Å². The summed E-state index contributed by atoms with van der Waals surface area (Å²) in [7, 11) is -2.14. The van der Waals surface area contributed by atoms with Crippen LogP contribution in [0.1, 0.15) is 17.3 Å². The first-order chi connectivity index (χ1) is 13.4. The van der Waals surface area contributed by atoms with Gasteiger partial charge in [0.15, 0.2) is 12.4 Å². The molecule has 3 rings (SSSR count). The second-order valence-electron chi connectivity index (χ2n) is 6.19. The number of rotatable bonds is 8. The quantitative estimate of drug-likeness (QED) is 0.553. The summed E-state index contributed by atoms with van der Waals surface area (Å²) in [5, 5.41) is 4.25. The molecule has 148 valence electrons. The van der Waals surface area contributed by atoms with Crippen molar-refractivity contribution in [2.24, 2.45) is 0 Å². The predicted molar refractivity (Wildman–Crippen MR) is 105 cm³/mol. The minimum absolute atomic E-state index is 0.142. The minimum atomic E-state index is -3.64. The third-order valence-electron chi connectivity index (χ3n) is 4.11. The van der Waals surface area contributed by atoms with Crippen LogP contribution in [-0.2, 0) is 23.1 Å². The van der Waals surface area contributed by atoms with Crippen molar-refractivity contribution in [2.75, 3.05) is 13.6 Å². The third kappa shape index (κ3) is 4.89. The summed E-state index contributed by atoms with van der Waals surface area (Å²) in [6.45, 7) is 2.30. The summed E-state index contributed by atoms with van der Waals surface area (Å²) < 4.78 is 37.2. The highest BCUT2D eigenvalue weighted by Gasteiger charge is 2.21. The summed E-state index contributed by atoms with van der Waals surface area (Å²) >= 11 is 5.89. The van der Waals surface area contributed by atoms with Crippen molar-refractivity contribution in [1.29, 1.82) is 0 Å². The van der Waals surface area contributed by atoms with E-state index < -0.39 is 10.0 Å². The van der Waals surface area contributed by atoms with Gasteiger partial charge >= 0.3 is 0 Å². The normalized spacial score (nSPS) is 11.7. The van der Waals surface area contributed by atoms with Crippen LogP contribution in [0.2, 0.25) is 5.02 Å². The van der Waals surface area contributed by atoms with Crippen molar-refractivity contribution in [3.05, 3.63) is 70.8 Å². The highest BCUT2D eigenvalue weighted by Crippen LogP contribution is 2.19. The zero-order valence-electron chi connectivity index (χ0n) is 15.5. The second-order valence-corrected chi connectivity index (χ2v) is 8.67. The molecule has 0 bridgehead atoms. The van der Waals surface area contributed by atoms with Crippen LogP contribution in [0.25, 0.3) is 0 Å². The molecular weight excluding hydrogens is 402 g/mol. The molecule has 0 unspecified atom stereocenters. The molecule has 7 nitrogen and oxygen atoms in total. The Hall–Kier alpha value is -2.42. The highest BCUT2D eigenvalue weighted by atomic mass is 35.5. The van der Waals surface area contributed by atoms with Gasteiger partial charge in [-0.05, 0) is 36.8 Å². The van der Waals surface area contributed by atoms with Crippen LogP contribution in [-0.4, -0.2) is 36.5 Å². The van der Waals surface area contributed by atoms with Gasteiger partial charge in [0.05, 0.1) is 4.90 Å². The number of ether oxygens (including phenoxy) is 1. The zero-order valence-corrected chi connectivity index (χ0v) is 17.1. The monoisotopic (exact) mass is 421 g/mol. The summed E-state index contributed by atoms with van der Waals surface area (Å²) in [5.41, 5.74) is 1.01.